The summed E-state index contributed by atoms with van der Waals surface area (Å²) in [6.07, 6.45) is 5.69. The van der Waals surface area contributed by atoms with Crippen molar-refractivity contribution in [2.45, 2.75) is 39.0 Å². The molecule has 0 saturated heterocycles. The zero-order valence-corrected chi connectivity index (χ0v) is 9.25. The first-order chi connectivity index (χ1) is 6.66. The fourth-order valence-electron chi connectivity index (χ4n) is 1.42. The molecule has 0 bridgehead atoms. The van der Waals surface area contributed by atoms with Gasteiger partial charge < -0.3 is 0 Å². The van der Waals surface area contributed by atoms with Gasteiger partial charge in [0.05, 0.1) is 5.69 Å². The maximum atomic E-state index is 4.48. The minimum Gasteiger partial charge on any atom is -0.237 e. The van der Waals surface area contributed by atoms with E-state index in [2.05, 4.69) is 37.3 Å². The van der Waals surface area contributed by atoms with Crippen LogP contribution in [0, 0.1) is 0 Å². The molecule has 1 rings (SSSR count). The Morgan fingerprint density at radius 3 is 2.57 bits per heavy atom. The molecule has 0 spiro atoms. The van der Waals surface area contributed by atoms with Crippen molar-refractivity contribution >= 4 is 6.08 Å². The SMILES string of the molecule is C=Cc1nccc(C(C)(CC)CC)n1. The van der Waals surface area contributed by atoms with Gasteiger partial charge in [0.25, 0.3) is 0 Å². The highest BCUT2D eigenvalue weighted by Crippen LogP contribution is 2.28. The van der Waals surface area contributed by atoms with Crippen molar-refractivity contribution in [3.63, 3.8) is 0 Å². The summed E-state index contributed by atoms with van der Waals surface area (Å²) in [6, 6.07) is 2.00. The van der Waals surface area contributed by atoms with Gasteiger partial charge in [0, 0.05) is 11.6 Å². The lowest BCUT2D eigenvalue weighted by Gasteiger charge is -2.25. The molecule has 0 saturated carbocycles. The smallest absolute Gasteiger partial charge is 0.151 e. The van der Waals surface area contributed by atoms with Crippen LogP contribution in [-0.4, -0.2) is 9.97 Å². The predicted molar refractivity (Wildman–Crippen MR) is 60.1 cm³/mol. The summed E-state index contributed by atoms with van der Waals surface area (Å²) in [5.41, 5.74) is 1.29. The number of aromatic nitrogens is 2. The number of rotatable bonds is 4. The molecule has 0 unspecified atom stereocenters. The average Bonchev–Trinajstić information content (AvgIpc) is 2.28. The van der Waals surface area contributed by atoms with Gasteiger partial charge in [0.2, 0.25) is 0 Å². The minimum atomic E-state index is 0.167. The topological polar surface area (TPSA) is 25.8 Å². The Morgan fingerprint density at radius 1 is 1.43 bits per heavy atom. The molecule has 1 aromatic heterocycles. The average molecular weight is 190 g/mol. The van der Waals surface area contributed by atoms with E-state index in [1.165, 1.54) is 0 Å². The first kappa shape index (κ1) is 10.9. The molecule has 0 aromatic carbocycles. The van der Waals surface area contributed by atoms with Crippen molar-refractivity contribution in [2.24, 2.45) is 0 Å². The molecule has 2 heteroatoms. The van der Waals surface area contributed by atoms with Gasteiger partial charge >= 0.3 is 0 Å². The molecule has 0 aliphatic carbocycles. The van der Waals surface area contributed by atoms with Gasteiger partial charge in [0.1, 0.15) is 0 Å². The van der Waals surface area contributed by atoms with Crippen molar-refractivity contribution in [3.05, 3.63) is 30.4 Å². The normalized spacial score (nSPS) is 11.4. The lowest BCUT2D eigenvalue weighted by molar-refractivity contribution is 0.425. The fourth-order valence-corrected chi connectivity index (χ4v) is 1.42. The van der Waals surface area contributed by atoms with Crippen molar-refractivity contribution < 1.29 is 0 Å². The van der Waals surface area contributed by atoms with E-state index >= 15 is 0 Å². The zero-order valence-electron chi connectivity index (χ0n) is 9.25. The van der Waals surface area contributed by atoms with Gasteiger partial charge in [-0.1, -0.05) is 27.4 Å². The summed E-state index contributed by atoms with van der Waals surface area (Å²) < 4.78 is 0. The van der Waals surface area contributed by atoms with E-state index in [-0.39, 0.29) is 5.41 Å². The zero-order chi connectivity index (χ0) is 10.6. The molecule has 0 amide bonds. The first-order valence-corrected chi connectivity index (χ1v) is 5.12. The summed E-state index contributed by atoms with van der Waals surface area (Å²) in [7, 11) is 0. The van der Waals surface area contributed by atoms with Crippen molar-refractivity contribution in [2.75, 3.05) is 0 Å². The predicted octanol–water partition coefficient (Wildman–Crippen LogP) is 3.20. The molecule has 0 N–H and O–H groups in total. The van der Waals surface area contributed by atoms with E-state index in [1.807, 2.05) is 12.3 Å². The third kappa shape index (κ3) is 2.00. The molecule has 1 heterocycles. The Hall–Kier alpha value is -1.18. The van der Waals surface area contributed by atoms with Crippen LogP contribution >= 0.6 is 0 Å². The molecule has 2 nitrogen and oxygen atoms in total. The quantitative estimate of drug-likeness (QED) is 0.728. The minimum absolute atomic E-state index is 0.167. The van der Waals surface area contributed by atoms with Gasteiger partial charge in [-0.25, -0.2) is 9.97 Å². The van der Waals surface area contributed by atoms with Crippen LogP contribution in [0.3, 0.4) is 0 Å². The van der Waals surface area contributed by atoms with Gasteiger partial charge in [-0.15, -0.1) is 0 Å². The summed E-state index contributed by atoms with van der Waals surface area (Å²) in [5.74, 6) is 0.718. The lowest BCUT2D eigenvalue weighted by Crippen LogP contribution is -2.21. The van der Waals surface area contributed by atoms with Crippen LogP contribution in [0.1, 0.15) is 45.1 Å². The Bertz CT molecular complexity index is 314. The molecule has 76 valence electrons. The third-order valence-electron chi connectivity index (χ3n) is 3.04. The fraction of sp³-hybridized carbons (Fsp3) is 0.500. The summed E-state index contributed by atoms with van der Waals surface area (Å²) in [4.78, 5) is 8.59. The van der Waals surface area contributed by atoms with Crippen molar-refractivity contribution in [3.8, 4) is 0 Å². The van der Waals surface area contributed by atoms with Crippen LogP contribution in [0.25, 0.3) is 6.08 Å². The number of hydrogen-bond acceptors (Lipinski definition) is 2. The van der Waals surface area contributed by atoms with Crippen LogP contribution in [0.5, 0.6) is 0 Å². The Balaban J connectivity index is 3.10. The third-order valence-corrected chi connectivity index (χ3v) is 3.04. The molecule has 14 heavy (non-hydrogen) atoms. The molecule has 0 atom stereocenters. The van der Waals surface area contributed by atoms with E-state index in [9.17, 15) is 0 Å². The second-order valence-electron chi connectivity index (χ2n) is 3.77. The van der Waals surface area contributed by atoms with E-state index in [1.54, 1.807) is 6.08 Å². The monoisotopic (exact) mass is 190 g/mol. The highest BCUT2D eigenvalue weighted by molar-refractivity contribution is 5.36. The summed E-state index contributed by atoms with van der Waals surface area (Å²) in [6.45, 7) is 10.3. The maximum Gasteiger partial charge on any atom is 0.151 e. The number of hydrogen-bond donors (Lipinski definition) is 0. The van der Waals surface area contributed by atoms with E-state index in [4.69, 9.17) is 0 Å². The Kier molecular flexibility index (Phi) is 3.39. The van der Waals surface area contributed by atoms with E-state index in [0.717, 1.165) is 24.4 Å². The second-order valence-corrected chi connectivity index (χ2v) is 3.77. The largest absolute Gasteiger partial charge is 0.237 e. The molecular weight excluding hydrogens is 172 g/mol. The van der Waals surface area contributed by atoms with Crippen LogP contribution in [-0.2, 0) is 5.41 Å². The van der Waals surface area contributed by atoms with Gasteiger partial charge in [-0.2, -0.15) is 0 Å². The summed E-state index contributed by atoms with van der Waals surface area (Å²) >= 11 is 0. The Morgan fingerprint density at radius 2 is 2.07 bits per heavy atom. The Labute approximate surface area is 86.1 Å². The van der Waals surface area contributed by atoms with Crippen molar-refractivity contribution in [1.29, 1.82) is 0 Å². The second kappa shape index (κ2) is 4.36. The molecule has 1 aromatic rings. The van der Waals surface area contributed by atoms with Gasteiger partial charge in [-0.3, -0.25) is 0 Å². The van der Waals surface area contributed by atoms with Gasteiger partial charge in [0.15, 0.2) is 5.82 Å². The highest BCUT2D eigenvalue weighted by Gasteiger charge is 2.23. The van der Waals surface area contributed by atoms with Crippen LogP contribution in [0.4, 0.5) is 0 Å². The molecule has 0 aliphatic heterocycles. The lowest BCUT2D eigenvalue weighted by atomic mass is 9.81. The molecule has 0 aliphatic rings. The van der Waals surface area contributed by atoms with Gasteiger partial charge in [-0.05, 0) is 25.0 Å². The standard InChI is InChI=1S/C12H18N2/c1-5-11-13-9-8-10(14-11)12(4,6-2)7-3/h5,8-9H,1,6-7H2,2-4H3. The highest BCUT2D eigenvalue weighted by atomic mass is 14.9. The van der Waals surface area contributed by atoms with E-state index < -0.39 is 0 Å². The van der Waals surface area contributed by atoms with Crippen LogP contribution in [0.2, 0.25) is 0 Å². The maximum absolute atomic E-state index is 4.48. The van der Waals surface area contributed by atoms with Crippen LogP contribution < -0.4 is 0 Å². The van der Waals surface area contributed by atoms with Crippen molar-refractivity contribution in [1.82, 2.24) is 9.97 Å². The number of nitrogens with zero attached hydrogens (tertiary/aromatic N) is 2. The molecule has 0 fully saturated rings. The van der Waals surface area contributed by atoms with E-state index in [0.29, 0.717) is 0 Å². The first-order valence-electron chi connectivity index (χ1n) is 5.12. The summed E-state index contributed by atoms with van der Waals surface area (Å²) in [5, 5.41) is 0. The molecular formula is C12H18N2. The molecule has 0 radical (unpaired) electrons. The van der Waals surface area contributed by atoms with Crippen LogP contribution in [0.15, 0.2) is 18.8 Å².